The minimum absolute atomic E-state index is 0.438. The Morgan fingerprint density at radius 2 is 2.20 bits per heavy atom. The van der Waals surface area contributed by atoms with E-state index in [1.807, 2.05) is 13.0 Å². The Balaban J connectivity index is 2.07. The third kappa shape index (κ3) is 2.13. The third-order valence-electron chi connectivity index (χ3n) is 3.56. The molecule has 1 aliphatic carbocycles. The van der Waals surface area contributed by atoms with Gasteiger partial charge in [-0.05, 0) is 37.0 Å². The molecule has 1 aromatic carbocycles. The molecule has 3 nitrogen and oxygen atoms in total. The second-order valence-electron chi connectivity index (χ2n) is 4.91. The van der Waals surface area contributed by atoms with Gasteiger partial charge in [-0.3, -0.25) is 0 Å². The minimum Gasteiger partial charge on any atom is -0.360 e. The molecule has 1 heterocycles. The first-order valence-corrected chi connectivity index (χ1v) is 7.10. The summed E-state index contributed by atoms with van der Waals surface area (Å²) >= 11 is 11.6. The van der Waals surface area contributed by atoms with E-state index in [2.05, 4.69) is 11.2 Å². The molecule has 0 N–H and O–H groups in total. The first-order valence-electron chi connectivity index (χ1n) is 6.32. The lowest BCUT2D eigenvalue weighted by molar-refractivity contribution is 0.384. The van der Waals surface area contributed by atoms with Crippen LogP contribution in [0.15, 0.2) is 22.9 Å². The van der Waals surface area contributed by atoms with Gasteiger partial charge < -0.3 is 4.52 Å². The summed E-state index contributed by atoms with van der Waals surface area (Å²) in [6.07, 6.45) is 3.90. The zero-order chi connectivity index (χ0) is 14.3. The van der Waals surface area contributed by atoms with Crippen LogP contribution in [0.4, 0.5) is 0 Å². The van der Waals surface area contributed by atoms with E-state index >= 15 is 0 Å². The number of halogens is 1. The van der Waals surface area contributed by atoms with E-state index < -0.39 is 0 Å². The normalized spacial score (nSPS) is 14.1. The summed E-state index contributed by atoms with van der Waals surface area (Å²) in [5, 5.41) is 13.5. The first-order chi connectivity index (χ1) is 9.63. The number of nitrogens with zero attached hydrogens (tertiary/aromatic N) is 2. The SMILES string of the molecule is Cc1c(C(=S)c2cnoc2C2CC2)ccc(Cl)c1C#N. The number of hydrogen-bond acceptors (Lipinski definition) is 4. The average molecular weight is 303 g/mol. The maximum atomic E-state index is 9.18. The van der Waals surface area contributed by atoms with Gasteiger partial charge in [-0.25, -0.2) is 0 Å². The van der Waals surface area contributed by atoms with Crippen molar-refractivity contribution in [3.8, 4) is 6.07 Å². The van der Waals surface area contributed by atoms with Crippen molar-refractivity contribution in [2.24, 2.45) is 0 Å². The maximum Gasteiger partial charge on any atom is 0.148 e. The molecule has 3 rings (SSSR count). The Bertz CT molecular complexity index is 741. The van der Waals surface area contributed by atoms with Gasteiger partial charge in [-0.2, -0.15) is 5.26 Å². The summed E-state index contributed by atoms with van der Waals surface area (Å²) in [7, 11) is 0. The fourth-order valence-corrected chi connectivity index (χ4v) is 2.89. The molecule has 0 amide bonds. The molecule has 0 radical (unpaired) electrons. The summed E-state index contributed by atoms with van der Waals surface area (Å²) in [6.45, 7) is 1.86. The van der Waals surface area contributed by atoms with Crippen molar-refractivity contribution in [1.82, 2.24) is 5.16 Å². The second kappa shape index (κ2) is 5.01. The molecule has 0 saturated heterocycles. The highest BCUT2D eigenvalue weighted by atomic mass is 35.5. The summed E-state index contributed by atoms with van der Waals surface area (Å²) in [5.41, 5.74) is 2.96. The number of aromatic nitrogens is 1. The van der Waals surface area contributed by atoms with Crippen LogP contribution in [0.1, 0.15) is 46.8 Å². The molecular formula is C15H11ClN2OS. The Morgan fingerprint density at radius 3 is 2.85 bits per heavy atom. The monoisotopic (exact) mass is 302 g/mol. The molecule has 5 heteroatoms. The molecule has 0 aliphatic heterocycles. The van der Waals surface area contributed by atoms with Gasteiger partial charge in [-0.15, -0.1) is 0 Å². The van der Waals surface area contributed by atoms with Gasteiger partial charge in [0.25, 0.3) is 0 Å². The van der Waals surface area contributed by atoms with Crippen molar-refractivity contribution in [2.75, 3.05) is 0 Å². The molecule has 1 aliphatic rings. The van der Waals surface area contributed by atoms with Crippen molar-refractivity contribution in [2.45, 2.75) is 25.7 Å². The predicted octanol–water partition coefficient (Wildman–Crippen LogP) is 4.15. The van der Waals surface area contributed by atoms with Gasteiger partial charge in [0, 0.05) is 5.92 Å². The Morgan fingerprint density at radius 1 is 1.45 bits per heavy atom. The fourth-order valence-electron chi connectivity index (χ4n) is 2.27. The zero-order valence-electron chi connectivity index (χ0n) is 10.8. The van der Waals surface area contributed by atoms with Crippen molar-refractivity contribution < 1.29 is 4.52 Å². The van der Waals surface area contributed by atoms with Crippen molar-refractivity contribution in [3.63, 3.8) is 0 Å². The van der Waals surface area contributed by atoms with Gasteiger partial charge in [-0.1, -0.05) is 35.0 Å². The summed E-state index contributed by atoms with van der Waals surface area (Å²) in [5.74, 6) is 1.30. The van der Waals surface area contributed by atoms with E-state index in [1.165, 1.54) is 0 Å². The van der Waals surface area contributed by atoms with Crippen LogP contribution in [0.3, 0.4) is 0 Å². The summed E-state index contributed by atoms with van der Waals surface area (Å²) in [4.78, 5) is 0.666. The topological polar surface area (TPSA) is 49.8 Å². The zero-order valence-corrected chi connectivity index (χ0v) is 12.4. The highest BCUT2D eigenvalue weighted by Gasteiger charge is 2.31. The van der Waals surface area contributed by atoms with E-state index in [9.17, 15) is 5.26 Å². The van der Waals surface area contributed by atoms with Crippen LogP contribution < -0.4 is 0 Å². The lowest BCUT2D eigenvalue weighted by atomic mass is 9.96. The van der Waals surface area contributed by atoms with E-state index in [0.29, 0.717) is 21.4 Å². The Labute approximate surface area is 127 Å². The number of thiocarbonyl (C=S) groups is 1. The van der Waals surface area contributed by atoms with Gasteiger partial charge in [0.1, 0.15) is 11.8 Å². The molecule has 0 bridgehead atoms. The van der Waals surface area contributed by atoms with E-state index in [0.717, 1.165) is 35.3 Å². The predicted molar refractivity (Wildman–Crippen MR) is 80.2 cm³/mol. The van der Waals surface area contributed by atoms with Crippen molar-refractivity contribution in [1.29, 1.82) is 5.26 Å². The highest BCUT2D eigenvalue weighted by molar-refractivity contribution is 7.81. The molecule has 1 aromatic heterocycles. The fraction of sp³-hybridized carbons (Fsp3) is 0.267. The summed E-state index contributed by atoms with van der Waals surface area (Å²) < 4.78 is 5.32. The largest absolute Gasteiger partial charge is 0.360 e. The standard InChI is InChI=1S/C15H11ClN2OS/c1-8-10(4-5-13(16)11(8)6-17)15(20)12-7-18-19-14(12)9-2-3-9/h4-5,7,9H,2-3H2,1H3. The van der Waals surface area contributed by atoms with Crippen molar-refractivity contribution in [3.05, 3.63) is 51.4 Å². The first kappa shape index (κ1) is 13.3. The van der Waals surface area contributed by atoms with Crippen LogP contribution in [-0.4, -0.2) is 10.0 Å². The average Bonchev–Trinajstić information content (AvgIpc) is 3.16. The smallest absolute Gasteiger partial charge is 0.148 e. The summed E-state index contributed by atoms with van der Waals surface area (Å²) in [6, 6.07) is 5.68. The van der Waals surface area contributed by atoms with Gasteiger partial charge in [0.2, 0.25) is 0 Å². The van der Waals surface area contributed by atoms with Gasteiger partial charge >= 0.3 is 0 Å². The number of rotatable bonds is 3. The molecule has 0 spiro atoms. The van der Waals surface area contributed by atoms with Crippen LogP contribution in [0.25, 0.3) is 0 Å². The number of hydrogen-bond donors (Lipinski definition) is 0. The molecular weight excluding hydrogens is 292 g/mol. The molecule has 0 unspecified atom stereocenters. The van der Waals surface area contributed by atoms with Crippen LogP contribution in [0.5, 0.6) is 0 Å². The van der Waals surface area contributed by atoms with E-state index in [4.69, 9.17) is 28.3 Å². The molecule has 2 aromatic rings. The minimum atomic E-state index is 0.438. The number of nitriles is 1. The molecule has 1 saturated carbocycles. The third-order valence-corrected chi connectivity index (χ3v) is 4.32. The van der Waals surface area contributed by atoms with Crippen LogP contribution in [0.2, 0.25) is 5.02 Å². The van der Waals surface area contributed by atoms with E-state index in [-0.39, 0.29) is 0 Å². The van der Waals surface area contributed by atoms with E-state index in [1.54, 1.807) is 12.3 Å². The quantitative estimate of drug-likeness (QED) is 0.631. The Hall–Kier alpha value is -1.70. The molecule has 1 fully saturated rings. The van der Waals surface area contributed by atoms with Crippen molar-refractivity contribution >= 4 is 28.7 Å². The lowest BCUT2D eigenvalue weighted by Crippen LogP contribution is -2.05. The van der Waals surface area contributed by atoms with Crippen LogP contribution in [-0.2, 0) is 0 Å². The van der Waals surface area contributed by atoms with Crippen LogP contribution >= 0.6 is 23.8 Å². The maximum absolute atomic E-state index is 9.18. The molecule has 20 heavy (non-hydrogen) atoms. The number of benzene rings is 1. The molecule has 100 valence electrons. The van der Waals surface area contributed by atoms with Gasteiger partial charge in [0.15, 0.2) is 0 Å². The highest BCUT2D eigenvalue weighted by Crippen LogP contribution is 2.42. The van der Waals surface area contributed by atoms with Crippen LogP contribution in [0, 0.1) is 18.3 Å². The second-order valence-corrected chi connectivity index (χ2v) is 5.73. The molecule has 0 atom stereocenters. The Kier molecular flexibility index (Phi) is 3.33. The van der Waals surface area contributed by atoms with Gasteiger partial charge in [0.05, 0.1) is 27.2 Å². The lowest BCUT2D eigenvalue weighted by Gasteiger charge is -2.09.